The normalized spacial score (nSPS) is 20.3. The Morgan fingerprint density at radius 2 is 1.53 bits per heavy atom. The van der Waals surface area contributed by atoms with E-state index >= 15 is 0 Å². The highest BCUT2D eigenvalue weighted by Crippen LogP contribution is 2.55. The fraction of sp³-hybridized carbons (Fsp3) is 0.500. The zero-order valence-corrected chi connectivity index (χ0v) is 19.9. The van der Waals surface area contributed by atoms with Crippen molar-refractivity contribution in [2.45, 2.75) is 51.4 Å². The van der Waals surface area contributed by atoms with Crippen LogP contribution >= 0.6 is 0 Å². The van der Waals surface area contributed by atoms with Gasteiger partial charge in [-0.2, -0.15) is 0 Å². The number of carbonyl (C=O) groups is 2. The number of rotatable bonds is 5. The number of piperidine rings is 1. The van der Waals surface area contributed by atoms with Gasteiger partial charge in [-0.25, -0.2) is 8.78 Å². The van der Waals surface area contributed by atoms with Gasteiger partial charge in [-0.3, -0.25) is 4.79 Å². The van der Waals surface area contributed by atoms with Crippen LogP contribution in [-0.2, 0) is 9.59 Å². The monoisotopic (exact) mass is 468 g/mol. The van der Waals surface area contributed by atoms with Crippen molar-refractivity contribution in [2.75, 3.05) is 25.5 Å². The lowest BCUT2D eigenvalue weighted by atomic mass is 9.81. The molecule has 3 aliphatic rings. The predicted molar refractivity (Wildman–Crippen MR) is 130 cm³/mol. The Morgan fingerprint density at radius 1 is 0.941 bits per heavy atom. The molecule has 0 unspecified atom stereocenters. The fourth-order valence-corrected chi connectivity index (χ4v) is 5.33. The number of aldehydes is 1. The van der Waals surface area contributed by atoms with Crippen LogP contribution in [0.2, 0.25) is 0 Å². The molecule has 182 valence electrons. The number of anilines is 1. The van der Waals surface area contributed by atoms with E-state index in [1.54, 1.807) is 24.3 Å². The molecule has 4 nitrogen and oxygen atoms in total. The van der Waals surface area contributed by atoms with Crippen molar-refractivity contribution in [1.29, 1.82) is 0 Å². The van der Waals surface area contributed by atoms with E-state index < -0.39 is 11.6 Å². The first kappa shape index (κ1) is 24.5. The molecule has 0 atom stereocenters. The van der Waals surface area contributed by atoms with Crippen LogP contribution < -0.4 is 5.32 Å². The minimum absolute atomic E-state index is 0.113. The highest BCUT2D eigenvalue weighted by Gasteiger charge is 2.55. The zero-order valence-electron chi connectivity index (χ0n) is 19.9. The standard InChI is InChI=1S/C22H24F2N2O.C6H10O/c1-26-10-6-17(7-11-26)22(8-9-22)21(27)25-20-4-2-15(3-5-20)16-12-18(23)14-19(24)13-16;7-5-6-3-1-2-4-6/h2-5,12-14,17H,6-11H2,1H3,(H,25,27);5-6H,1-4H2. The molecule has 6 heteroatoms. The second kappa shape index (κ2) is 10.8. The summed E-state index contributed by atoms with van der Waals surface area (Å²) in [5.41, 5.74) is 1.71. The van der Waals surface area contributed by atoms with E-state index in [1.807, 2.05) is 0 Å². The summed E-state index contributed by atoms with van der Waals surface area (Å²) in [6, 6.07) is 10.6. The van der Waals surface area contributed by atoms with Crippen LogP contribution in [-0.4, -0.2) is 37.2 Å². The van der Waals surface area contributed by atoms with Crippen LogP contribution in [0.15, 0.2) is 42.5 Å². The van der Waals surface area contributed by atoms with E-state index in [0.29, 0.717) is 23.0 Å². The third-order valence-electron chi connectivity index (χ3n) is 7.67. The van der Waals surface area contributed by atoms with Crippen molar-refractivity contribution >= 4 is 17.9 Å². The molecule has 1 aliphatic heterocycles. The number of benzene rings is 2. The van der Waals surface area contributed by atoms with Crippen molar-refractivity contribution in [3.63, 3.8) is 0 Å². The summed E-state index contributed by atoms with van der Waals surface area (Å²) in [5.74, 6) is -0.211. The Morgan fingerprint density at radius 3 is 2.03 bits per heavy atom. The summed E-state index contributed by atoms with van der Waals surface area (Å²) in [6.45, 7) is 2.11. The largest absolute Gasteiger partial charge is 0.326 e. The van der Waals surface area contributed by atoms with Crippen molar-refractivity contribution < 1.29 is 18.4 Å². The average molecular weight is 469 g/mol. The molecule has 0 radical (unpaired) electrons. The maximum absolute atomic E-state index is 13.4. The second-order valence-corrected chi connectivity index (χ2v) is 10.1. The highest BCUT2D eigenvalue weighted by atomic mass is 19.1. The molecule has 2 aromatic rings. The van der Waals surface area contributed by atoms with E-state index in [0.717, 1.165) is 69.7 Å². The molecule has 5 rings (SSSR count). The number of nitrogens with zero attached hydrogens (tertiary/aromatic N) is 1. The molecule has 0 spiro atoms. The maximum Gasteiger partial charge on any atom is 0.230 e. The second-order valence-electron chi connectivity index (χ2n) is 10.1. The minimum Gasteiger partial charge on any atom is -0.326 e. The molecule has 0 bridgehead atoms. The lowest BCUT2D eigenvalue weighted by molar-refractivity contribution is -0.123. The quantitative estimate of drug-likeness (QED) is 0.542. The van der Waals surface area contributed by atoms with Gasteiger partial charge in [-0.1, -0.05) is 25.0 Å². The van der Waals surface area contributed by atoms with Crippen LogP contribution in [0.5, 0.6) is 0 Å². The molecule has 34 heavy (non-hydrogen) atoms. The molecule has 2 saturated carbocycles. The molecule has 2 aliphatic carbocycles. The van der Waals surface area contributed by atoms with E-state index in [4.69, 9.17) is 0 Å². The third-order valence-corrected chi connectivity index (χ3v) is 7.67. The number of hydrogen-bond donors (Lipinski definition) is 1. The summed E-state index contributed by atoms with van der Waals surface area (Å²) in [6.07, 6.45) is 10.00. The average Bonchev–Trinajstić information content (AvgIpc) is 3.46. The summed E-state index contributed by atoms with van der Waals surface area (Å²) in [5, 5.41) is 3.05. The number of nitrogens with one attached hydrogen (secondary N) is 1. The van der Waals surface area contributed by atoms with Gasteiger partial charge in [0.25, 0.3) is 0 Å². The molecule has 0 aromatic heterocycles. The lowest BCUT2D eigenvalue weighted by Gasteiger charge is -2.34. The molecule has 1 amide bonds. The van der Waals surface area contributed by atoms with Gasteiger partial charge in [0.05, 0.1) is 5.41 Å². The number of hydrogen-bond acceptors (Lipinski definition) is 3. The number of likely N-dealkylation sites (tertiary alicyclic amines) is 1. The van der Waals surface area contributed by atoms with Gasteiger partial charge in [0.1, 0.15) is 17.9 Å². The van der Waals surface area contributed by atoms with Crippen LogP contribution in [0.1, 0.15) is 51.4 Å². The topological polar surface area (TPSA) is 49.4 Å². The first-order valence-corrected chi connectivity index (χ1v) is 12.4. The number of halogens is 2. The predicted octanol–water partition coefficient (Wildman–Crippen LogP) is 6.07. The summed E-state index contributed by atoms with van der Waals surface area (Å²) < 4.78 is 26.8. The van der Waals surface area contributed by atoms with Crippen LogP contribution in [0, 0.1) is 28.9 Å². The number of amides is 1. The van der Waals surface area contributed by atoms with Crippen molar-refractivity contribution in [3.8, 4) is 11.1 Å². The van der Waals surface area contributed by atoms with Gasteiger partial charge in [0, 0.05) is 17.7 Å². The van der Waals surface area contributed by atoms with Crippen molar-refractivity contribution in [3.05, 3.63) is 54.1 Å². The summed E-state index contributed by atoms with van der Waals surface area (Å²) in [7, 11) is 2.13. The lowest BCUT2D eigenvalue weighted by Crippen LogP contribution is -2.39. The first-order valence-electron chi connectivity index (χ1n) is 12.4. The Bertz CT molecular complexity index is 970. The molecular weight excluding hydrogens is 434 g/mol. The Balaban J connectivity index is 0.000000336. The Hall–Kier alpha value is -2.60. The fourth-order valence-electron chi connectivity index (χ4n) is 5.33. The van der Waals surface area contributed by atoms with Crippen molar-refractivity contribution in [1.82, 2.24) is 4.90 Å². The van der Waals surface area contributed by atoms with E-state index in [-0.39, 0.29) is 11.3 Å². The highest BCUT2D eigenvalue weighted by molar-refractivity contribution is 5.97. The van der Waals surface area contributed by atoms with Crippen LogP contribution in [0.4, 0.5) is 14.5 Å². The molecule has 2 aromatic carbocycles. The SMILES string of the molecule is CN1CCC(C2(C(=O)Nc3ccc(-c4cc(F)cc(F)c4)cc3)CC2)CC1.O=CC1CCCC1. The van der Waals surface area contributed by atoms with Gasteiger partial charge in [0.2, 0.25) is 5.91 Å². The smallest absolute Gasteiger partial charge is 0.230 e. The summed E-state index contributed by atoms with van der Waals surface area (Å²) in [4.78, 5) is 25.2. The third kappa shape index (κ3) is 5.90. The molecular formula is C28H34F2N2O2. The minimum atomic E-state index is -0.601. The molecule has 1 saturated heterocycles. The van der Waals surface area contributed by atoms with Gasteiger partial charge < -0.3 is 15.0 Å². The van der Waals surface area contributed by atoms with E-state index in [9.17, 15) is 18.4 Å². The maximum atomic E-state index is 13.4. The first-order chi connectivity index (χ1) is 16.4. The molecule has 1 N–H and O–H groups in total. The number of carbonyl (C=O) groups excluding carboxylic acids is 2. The van der Waals surface area contributed by atoms with Crippen molar-refractivity contribution in [2.24, 2.45) is 17.3 Å². The van der Waals surface area contributed by atoms with Gasteiger partial charge >= 0.3 is 0 Å². The van der Waals surface area contributed by atoms with E-state index in [2.05, 4.69) is 17.3 Å². The van der Waals surface area contributed by atoms with E-state index in [1.165, 1.54) is 25.0 Å². The van der Waals surface area contributed by atoms with Gasteiger partial charge in [0.15, 0.2) is 0 Å². The van der Waals surface area contributed by atoms with Crippen LogP contribution in [0.3, 0.4) is 0 Å². The Kier molecular flexibility index (Phi) is 7.77. The Labute approximate surface area is 200 Å². The molecule has 1 heterocycles. The zero-order chi connectivity index (χ0) is 24.1. The van der Waals surface area contributed by atoms with Gasteiger partial charge in [-0.15, -0.1) is 0 Å². The van der Waals surface area contributed by atoms with Gasteiger partial charge in [-0.05, 0) is 100.0 Å². The molecule has 3 fully saturated rings. The van der Waals surface area contributed by atoms with Crippen LogP contribution in [0.25, 0.3) is 11.1 Å². The summed E-state index contributed by atoms with van der Waals surface area (Å²) >= 11 is 0.